The maximum Gasteiger partial charge on any atom is 0.339 e. The van der Waals surface area contributed by atoms with E-state index >= 15 is 0 Å². The molecule has 0 aliphatic rings. The zero-order valence-electron chi connectivity index (χ0n) is 17.3. The third-order valence-electron chi connectivity index (χ3n) is 4.71. The molecule has 0 atom stereocenters. The zero-order chi connectivity index (χ0) is 23.2. The van der Waals surface area contributed by atoms with E-state index < -0.39 is 18.5 Å². The zero-order valence-corrected chi connectivity index (χ0v) is 18.8. The number of anilines is 1. The Morgan fingerprint density at radius 2 is 1.73 bits per heavy atom. The first-order valence-corrected chi connectivity index (χ1v) is 11.2. The van der Waals surface area contributed by atoms with E-state index in [0.717, 1.165) is 11.1 Å². The lowest BCUT2D eigenvalue weighted by atomic mass is 10.2. The van der Waals surface area contributed by atoms with Crippen molar-refractivity contribution in [2.24, 2.45) is 0 Å². The Bertz CT molecular complexity index is 1240. The van der Waals surface area contributed by atoms with E-state index in [4.69, 9.17) is 16.3 Å². The van der Waals surface area contributed by atoms with Crippen LogP contribution in [0.1, 0.15) is 15.9 Å². The van der Waals surface area contributed by atoms with Crippen molar-refractivity contribution in [3.63, 3.8) is 0 Å². The van der Waals surface area contributed by atoms with Crippen molar-refractivity contribution in [3.8, 4) is 11.3 Å². The predicted molar refractivity (Wildman–Crippen MR) is 126 cm³/mol. The number of amides is 1. The van der Waals surface area contributed by atoms with Gasteiger partial charge in [-0.3, -0.25) is 9.69 Å². The van der Waals surface area contributed by atoms with Crippen LogP contribution in [0.2, 0.25) is 5.02 Å². The quantitative estimate of drug-likeness (QED) is 0.221. The van der Waals surface area contributed by atoms with Gasteiger partial charge in [-0.2, -0.15) is 4.73 Å². The van der Waals surface area contributed by atoms with Gasteiger partial charge in [0, 0.05) is 28.1 Å². The van der Waals surface area contributed by atoms with Gasteiger partial charge >= 0.3 is 5.97 Å². The molecule has 0 N–H and O–H groups in total. The average Bonchev–Trinajstić information content (AvgIpc) is 3.32. The minimum absolute atomic E-state index is 0.184. The summed E-state index contributed by atoms with van der Waals surface area (Å²) in [4.78, 5) is 31.5. The number of benzene rings is 2. The van der Waals surface area contributed by atoms with E-state index in [1.54, 1.807) is 12.1 Å². The van der Waals surface area contributed by atoms with E-state index in [9.17, 15) is 14.8 Å². The fourth-order valence-electron chi connectivity index (χ4n) is 3.01. The summed E-state index contributed by atoms with van der Waals surface area (Å²) in [5.41, 5.74) is 2.68. The summed E-state index contributed by atoms with van der Waals surface area (Å²) in [6.45, 7) is -0.194. The van der Waals surface area contributed by atoms with E-state index in [1.807, 2.05) is 47.8 Å². The first-order chi connectivity index (χ1) is 16.0. The number of hydrogen-bond donors (Lipinski definition) is 0. The minimum atomic E-state index is -0.690. The maximum absolute atomic E-state index is 13.1. The first-order valence-electron chi connectivity index (χ1n) is 9.91. The Kier molecular flexibility index (Phi) is 6.97. The fourth-order valence-corrected chi connectivity index (χ4v) is 3.98. The van der Waals surface area contributed by atoms with Crippen molar-refractivity contribution in [1.82, 2.24) is 4.98 Å². The third kappa shape index (κ3) is 5.74. The second-order valence-corrected chi connectivity index (χ2v) is 8.28. The van der Waals surface area contributed by atoms with Crippen LogP contribution >= 0.6 is 22.9 Å². The van der Waals surface area contributed by atoms with Crippen LogP contribution in [-0.2, 0) is 16.1 Å². The molecule has 2 aromatic heterocycles. The lowest BCUT2D eigenvalue weighted by molar-refractivity contribution is -0.605. The van der Waals surface area contributed by atoms with Crippen molar-refractivity contribution < 1.29 is 19.1 Å². The van der Waals surface area contributed by atoms with Gasteiger partial charge in [0.2, 0.25) is 0 Å². The molecule has 0 aliphatic heterocycles. The molecule has 0 unspecified atom stereocenters. The van der Waals surface area contributed by atoms with E-state index in [2.05, 4.69) is 4.98 Å². The number of carbonyl (C=O) groups excluding carboxylic acids is 2. The molecule has 2 aromatic carbocycles. The number of halogens is 1. The molecule has 166 valence electrons. The number of ether oxygens (including phenoxy) is 1. The number of hydrogen-bond acceptors (Lipinski definition) is 6. The lowest BCUT2D eigenvalue weighted by Gasteiger charge is -2.20. The SMILES string of the molecule is O=C(OCC(=O)N(Cc1ccccc1)c1nc(-c2ccc(Cl)cc2)cs1)c1cc[n+]([O-])cc1. The monoisotopic (exact) mass is 479 g/mol. The van der Waals surface area contributed by atoms with Crippen LogP contribution in [0.25, 0.3) is 11.3 Å². The van der Waals surface area contributed by atoms with Gasteiger partial charge in [-0.25, -0.2) is 9.78 Å². The Balaban J connectivity index is 1.53. The van der Waals surface area contributed by atoms with Gasteiger partial charge < -0.3 is 9.94 Å². The van der Waals surface area contributed by atoms with Crippen LogP contribution in [0.4, 0.5) is 5.13 Å². The molecule has 0 spiro atoms. The summed E-state index contributed by atoms with van der Waals surface area (Å²) in [5.74, 6) is -1.11. The van der Waals surface area contributed by atoms with E-state index in [1.165, 1.54) is 40.8 Å². The molecule has 0 saturated carbocycles. The summed E-state index contributed by atoms with van der Waals surface area (Å²) in [6.07, 6.45) is 2.38. The highest BCUT2D eigenvalue weighted by atomic mass is 35.5. The summed E-state index contributed by atoms with van der Waals surface area (Å²) >= 11 is 7.29. The molecule has 0 radical (unpaired) electrons. The predicted octanol–water partition coefficient (Wildman–Crippen LogP) is 4.49. The molecule has 2 heterocycles. The molecule has 9 heteroatoms. The van der Waals surface area contributed by atoms with Gasteiger partial charge in [-0.1, -0.05) is 54.1 Å². The number of esters is 1. The van der Waals surface area contributed by atoms with Gasteiger partial charge in [-0.15, -0.1) is 11.3 Å². The summed E-state index contributed by atoms with van der Waals surface area (Å²) < 4.78 is 5.76. The Morgan fingerprint density at radius 1 is 1.03 bits per heavy atom. The smallest absolute Gasteiger partial charge is 0.339 e. The molecule has 7 nitrogen and oxygen atoms in total. The van der Waals surface area contributed by atoms with Crippen molar-refractivity contribution in [3.05, 3.63) is 106 Å². The van der Waals surface area contributed by atoms with Gasteiger partial charge in [0.05, 0.1) is 17.8 Å². The van der Waals surface area contributed by atoms with Gasteiger partial charge in [0.1, 0.15) is 0 Å². The molecular weight excluding hydrogens is 462 g/mol. The third-order valence-corrected chi connectivity index (χ3v) is 5.83. The fraction of sp³-hybridized carbons (Fsp3) is 0.0833. The number of nitrogens with zero attached hydrogens (tertiary/aromatic N) is 3. The topological polar surface area (TPSA) is 86.4 Å². The van der Waals surface area contributed by atoms with Crippen LogP contribution in [-0.4, -0.2) is 23.5 Å². The molecule has 4 aromatic rings. The number of rotatable bonds is 7. The maximum atomic E-state index is 13.1. The van der Waals surface area contributed by atoms with Crippen LogP contribution in [0, 0.1) is 5.21 Å². The Labute approximate surface area is 199 Å². The van der Waals surface area contributed by atoms with Crippen LogP contribution < -0.4 is 9.63 Å². The van der Waals surface area contributed by atoms with Crippen molar-refractivity contribution in [2.45, 2.75) is 6.54 Å². The minimum Gasteiger partial charge on any atom is -0.619 e. The van der Waals surface area contributed by atoms with Gasteiger partial charge in [0.25, 0.3) is 5.91 Å². The number of pyridine rings is 1. The van der Waals surface area contributed by atoms with E-state index in [0.29, 0.717) is 20.6 Å². The molecule has 33 heavy (non-hydrogen) atoms. The molecule has 0 saturated heterocycles. The standard InChI is InChI=1S/C24H18ClN3O4S/c25-20-8-6-18(7-9-20)21-16-33-24(26-21)28(14-17-4-2-1-3-5-17)22(29)15-32-23(30)19-10-12-27(31)13-11-19/h1-13,16H,14-15H2. The molecule has 0 aliphatic carbocycles. The molecular formula is C24H18ClN3O4S. The van der Waals surface area contributed by atoms with Crippen molar-refractivity contribution >= 4 is 39.9 Å². The number of thiazole rings is 1. The summed E-state index contributed by atoms with van der Waals surface area (Å²) in [6, 6.07) is 19.4. The summed E-state index contributed by atoms with van der Waals surface area (Å²) in [7, 11) is 0. The lowest BCUT2D eigenvalue weighted by Crippen LogP contribution is -2.34. The van der Waals surface area contributed by atoms with Gasteiger partial charge in [-0.05, 0) is 17.7 Å². The summed E-state index contributed by atoms with van der Waals surface area (Å²) in [5, 5.41) is 14.1. The van der Waals surface area contributed by atoms with Crippen LogP contribution in [0.15, 0.2) is 84.5 Å². The highest BCUT2D eigenvalue weighted by Gasteiger charge is 2.22. The van der Waals surface area contributed by atoms with E-state index in [-0.39, 0.29) is 12.1 Å². The normalized spacial score (nSPS) is 10.6. The highest BCUT2D eigenvalue weighted by Crippen LogP contribution is 2.29. The molecule has 1 amide bonds. The first kappa shape index (κ1) is 22.4. The highest BCUT2D eigenvalue weighted by molar-refractivity contribution is 7.14. The second kappa shape index (κ2) is 10.2. The number of aromatic nitrogens is 2. The Morgan fingerprint density at radius 3 is 2.42 bits per heavy atom. The average molecular weight is 480 g/mol. The number of carbonyl (C=O) groups is 2. The largest absolute Gasteiger partial charge is 0.619 e. The molecule has 0 fully saturated rings. The van der Waals surface area contributed by atoms with Crippen molar-refractivity contribution in [2.75, 3.05) is 11.5 Å². The second-order valence-electron chi connectivity index (χ2n) is 7.01. The van der Waals surface area contributed by atoms with Crippen molar-refractivity contribution in [1.29, 1.82) is 0 Å². The van der Waals surface area contributed by atoms with Crippen LogP contribution in [0.3, 0.4) is 0 Å². The molecule has 0 bridgehead atoms. The Hall–Kier alpha value is -3.75. The van der Waals surface area contributed by atoms with Gasteiger partial charge in [0.15, 0.2) is 24.1 Å². The van der Waals surface area contributed by atoms with Crippen LogP contribution in [0.5, 0.6) is 0 Å². The molecule has 4 rings (SSSR count).